The van der Waals surface area contributed by atoms with Gasteiger partial charge in [0.05, 0.1) is 0 Å². The summed E-state index contributed by atoms with van der Waals surface area (Å²) in [6.45, 7) is 3.86. The Labute approximate surface area is 195 Å². The summed E-state index contributed by atoms with van der Waals surface area (Å²) >= 11 is 0. The van der Waals surface area contributed by atoms with Crippen LogP contribution >= 0.6 is 0 Å². The Kier molecular flexibility index (Phi) is 5.32. The molecule has 0 spiro atoms. The van der Waals surface area contributed by atoms with Gasteiger partial charge in [-0.25, -0.2) is 10.5 Å². The van der Waals surface area contributed by atoms with Crippen molar-refractivity contribution < 1.29 is 19.8 Å². The van der Waals surface area contributed by atoms with Crippen LogP contribution in [0.25, 0.3) is 0 Å². The van der Waals surface area contributed by atoms with Crippen molar-refractivity contribution in [1.82, 2.24) is 0 Å². The van der Waals surface area contributed by atoms with Crippen LogP contribution < -0.4 is 19.6 Å². The summed E-state index contributed by atoms with van der Waals surface area (Å²) in [6.07, 6.45) is 0. The van der Waals surface area contributed by atoms with Crippen molar-refractivity contribution >= 4 is 34.1 Å². The average Bonchev–Trinajstić information content (AvgIpc) is 3.30. The van der Waals surface area contributed by atoms with Gasteiger partial charge in [0, 0.05) is 54.7 Å². The maximum absolute atomic E-state index is 9.81. The monoisotopic (exact) mass is 581 g/mol. The van der Waals surface area contributed by atoms with Crippen molar-refractivity contribution in [3.63, 3.8) is 0 Å². The molecule has 2 aliphatic rings. The number of para-hydroxylation sites is 4. The van der Waals surface area contributed by atoms with E-state index >= 15 is 0 Å². The van der Waals surface area contributed by atoms with Crippen molar-refractivity contribution in [2.24, 2.45) is 0 Å². The van der Waals surface area contributed by atoms with E-state index in [0.29, 0.717) is 22.5 Å². The first-order valence-corrected chi connectivity index (χ1v) is 9.45. The molecule has 0 unspecified atom stereocenters. The molecule has 0 amide bonds. The third-order valence-electron chi connectivity index (χ3n) is 5.38. The molecule has 6 nitrogen and oxygen atoms in total. The van der Waals surface area contributed by atoms with E-state index in [2.05, 4.69) is 18.2 Å². The molecule has 5 rings (SSSR count). The molecular formula is C24H17N6Os-3. The number of anilines is 6. The van der Waals surface area contributed by atoms with E-state index in [1.807, 2.05) is 95.6 Å². The standard InChI is InChI=1S/C24H17N6.Os/c1-27-15-29(21-9-5-3-7-19(21)27)23-12-24(18(14-26)11-17(23)13-25)30-16-28(2)20-8-4-6-10-22(20)30;/h3-11,15-16H,1-2H3;/q-3;. The van der Waals surface area contributed by atoms with Crippen LogP contribution in [0.4, 0.5) is 34.1 Å². The van der Waals surface area contributed by atoms with Gasteiger partial charge in [-0.3, -0.25) is 0 Å². The van der Waals surface area contributed by atoms with Crippen LogP contribution in [0.2, 0.25) is 0 Å². The molecule has 154 valence electrons. The van der Waals surface area contributed by atoms with E-state index in [1.54, 1.807) is 6.07 Å². The number of rotatable bonds is 2. The first-order chi connectivity index (χ1) is 14.6. The van der Waals surface area contributed by atoms with Crippen molar-refractivity contribution in [3.05, 3.63) is 85.1 Å². The Morgan fingerprint density at radius 3 is 1.48 bits per heavy atom. The van der Waals surface area contributed by atoms with Crippen molar-refractivity contribution in [2.45, 2.75) is 0 Å². The van der Waals surface area contributed by atoms with E-state index in [4.69, 9.17) is 0 Å². The van der Waals surface area contributed by atoms with Gasteiger partial charge in [-0.2, -0.15) is 13.3 Å². The minimum absolute atomic E-state index is 0. The Morgan fingerprint density at radius 2 is 1.10 bits per heavy atom. The predicted octanol–water partition coefficient (Wildman–Crippen LogP) is 4.64. The molecule has 2 aliphatic heterocycles. The Hall–Kier alpha value is -3.52. The van der Waals surface area contributed by atoms with Gasteiger partial charge in [-0.05, 0) is 49.5 Å². The third kappa shape index (κ3) is 3.19. The SMILES string of the molecule is CN1[CH-]N(c2[c-]c(N3[CH-]N(C)c4ccccc43)c(C#N)cc2C#N)c2ccccc21.[Os]. The fourth-order valence-corrected chi connectivity index (χ4v) is 3.96. The second-order valence-corrected chi connectivity index (χ2v) is 7.19. The summed E-state index contributed by atoms with van der Waals surface area (Å²) in [6, 6.07) is 25.5. The molecule has 0 radical (unpaired) electrons. The fourth-order valence-electron chi connectivity index (χ4n) is 3.96. The fraction of sp³-hybridized carbons (Fsp3) is 0.0833. The molecule has 2 heterocycles. The first kappa shape index (κ1) is 20.7. The Balaban J connectivity index is 0.00000231. The third-order valence-corrected chi connectivity index (χ3v) is 5.38. The first-order valence-electron chi connectivity index (χ1n) is 9.45. The van der Waals surface area contributed by atoms with Gasteiger partial charge in [-0.15, -0.1) is 12.1 Å². The zero-order valence-electron chi connectivity index (χ0n) is 16.9. The number of hydrogen-bond acceptors (Lipinski definition) is 6. The van der Waals surface area contributed by atoms with Crippen LogP contribution in [0.1, 0.15) is 11.1 Å². The van der Waals surface area contributed by atoms with Gasteiger partial charge in [0.2, 0.25) is 0 Å². The molecule has 0 N–H and O–H groups in total. The molecule has 3 aromatic carbocycles. The molecule has 0 aromatic heterocycles. The van der Waals surface area contributed by atoms with Gasteiger partial charge >= 0.3 is 0 Å². The van der Waals surface area contributed by atoms with Crippen molar-refractivity contribution in [2.75, 3.05) is 33.7 Å². The van der Waals surface area contributed by atoms with E-state index < -0.39 is 0 Å². The average molecular weight is 580 g/mol. The minimum Gasteiger partial charge on any atom is -0.504 e. The number of nitrogens with zero attached hydrogens (tertiary/aromatic N) is 6. The van der Waals surface area contributed by atoms with Gasteiger partial charge in [0.25, 0.3) is 0 Å². The van der Waals surface area contributed by atoms with Crippen molar-refractivity contribution in [1.29, 1.82) is 10.5 Å². The predicted molar refractivity (Wildman–Crippen MR) is 117 cm³/mol. The summed E-state index contributed by atoms with van der Waals surface area (Å²) in [5.41, 5.74) is 6.04. The molecule has 0 fully saturated rings. The van der Waals surface area contributed by atoms with E-state index in [0.717, 1.165) is 22.7 Å². The number of fused-ring (bicyclic) bond motifs is 2. The Morgan fingerprint density at radius 1 is 0.710 bits per heavy atom. The van der Waals surface area contributed by atoms with Crippen LogP contribution in [0.3, 0.4) is 0 Å². The second kappa shape index (κ2) is 7.96. The van der Waals surface area contributed by atoms with E-state index in [-0.39, 0.29) is 19.8 Å². The van der Waals surface area contributed by atoms with E-state index in [1.165, 1.54) is 0 Å². The number of benzene rings is 3. The normalized spacial score (nSPS) is 13.9. The largest absolute Gasteiger partial charge is 0.504 e. The molecule has 7 heteroatoms. The van der Waals surface area contributed by atoms with Crippen LogP contribution in [-0.4, -0.2) is 14.1 Å². The van der Waals surface area contributed by atoms with Crippen LogP contribution in [0.5, 0.6) is 0 Å². The van der Waals surface area contributed by atoms with Crippen molar-refractivity contribution in [3.8, 4) is 12.1 Å². The minimum atomic E-state index is 0. The maximum atomic E-state index is 9.81. The summed E-state index contributed by atoms with van der Waals surface area (Å²) in [7, 11) is 3.93. The van der Waals surface area contributed by atoms with Crippen LogP contribution in [-0.2, 0) is 19.8 Å². The maximum Gasteiger partial charge on any atom is 0.0327 e. The molecule has 0 bridgehead atoms. The molecule has 0 aliphatic carbocycles. The molecule has 31 heavy (non-hydrogen) atoms. The number of nitriles is 2. The van der Waals surface area contributed by atoms with Gasteiger partial charge in [-0.1, -0.05) is 35.6 Å². The summed E-state index contributed by atoms with van der Waals surface area (Å²) in [5, 5.41) is 19.6. The van der Waals surface area contributed by atoms with Gasteiger partial charge in [0.15, 0.2) is 0 Å². The smallest absolute Gasteiger partial charge is 0.0327 e. The van der Waals surface area contributed by atoms with Crippen LogP contribution in [0, 0.1) is 42.1 Å². The zero-order chi connectivity index (χ0) is 20.8. The Bertz CT molecular complexity index is 1150. The molecule has 0 saturated heterocycles. The van der Waals surface area contributed by atoms with Gasteiger partial charge < -0.3 is 19.6 Å². The molecular weight excluding hydrogens is 563 g/mol. The zero-order valence-corrected chi connectivity index (χ0v) is 19.4. The molecule has 0 atom stereocenters. The summed E-state index contributed by atoms with van der Waals surface area (Å²) in [5.74, 6) is 0. The molecule has 0 saturated carbocycles. The topological polar surface area (TPSA) is 60.5 Å². The van der Waals surface area contributed by atoms with Gasteiger partial charge in [0.1, 0.15) is 0 Å². The quantitative estimate of drug-likeness (QED) is 0.413. The second-order valence-electron chi connectivity index (χ2n) is 7.19. The van der Waals surface area contributed by atoms with E-state index in [9.17, 15) is 10.5 Å². The number of hydrogen-bond donors (Lipinski definition) is 0. The molecule has 3 aromatic rings. The van der Waals surface area contributed by atoms with Crippen LogP contribution in [0.15, 0.2) is 54.6 Å². The summed E-state index contributed by atoms with van der Waals surface area (Å²) < 4.78 is 0. The summed E-state index contributed by atoms with van der Waals surface area (Å²) in [4.78, 5) is 7.91.